The first-order valence-corrected chi connectivity index (χ1v) is 5.13. The maximum Gasteiger partial charge on any atom is 0.138 e. The van der Waals surface area contributed by atoms with Crippen molar-refractivity contribution in [2.75, 3.05) is 6.54 Å². The SMILES string of the molecule is CC(C)(C)C(=O)CC1(CN)CCC1. The fraction of sp³-hybridized carbons (Fsp3) is 0.909. The highest BCUT2D eigenvalue weighted by molar-refractivity contribution is 5.84. The van der Waals surface area contributed by atoms with Crippen LogP contribution in [0.4, 0.5) is 0 Å². The van der Waals surface area contributed by atoms with E-state index in [9.17, 15) is 4.79 Å². The normalized spacial score (nSPS) is 20.9. The smallest absolute Gasteiger partial charge is 0.138 e. The minimum Gasteiger partial charge on any atom is -0.330 e. The predicted octanol–water partition coefficient (Wildman–Crippen LogP) is 2.12. The zero-order valence-corrected chi connectivity index (χ0v) is 9.02. The third-order valence-corrected chi connectivity index (χ3v) is 3.22. The van der Waals surface area contributed by atoms with Gasteiger partial charge in [-0.2, -0.15) is 0 Å². The molecule has 0 spiro atoms. The van der Waals surface area contributed by atoms with Crippen LogP contribution in [0.2, 0.25) is 0 Å². The van der Waals surface area contributed by atoms with Gasteiger partial charge < -0.3 is 5.73 Å². The Hall–Kier alpha value is -0.370. The van der Waals surface area contributed by atoms with Crippen LogP contribution in [-0.4, -0.2) is 12.3 Å². The highest BCUT2D eigenvalue weighted by Gasteiger charge is 2.39. The van der Waals surface area contributed by atoms with E-state index in [1.165, 1.54) is 6.42 Å². The number of carbonyl (C=O) groups is 1. The molecule has 1 saturated carbocycles. The third-order valence-electron chi connectivity index (χ3n) is 3.22. The molecule has 0 bridgehead atoms. The van der Waals surface area contributed by atoms with Crippen molar-refractivity contribution in [2.45, 2.75) is 46.5 Å². The van der Waals surface area contributed by atoms with Crippen molar-refractivity contribution in [3.8, 4) is 0 Å². The molecule has 2 N–H and O–H groups in total. The molecule has 0 aromatic rings. The molecule has 0 unspecified atom stereocenters. The third kappa shape index (κ3) is 2.31. The van der Waals surface area contributed by atoms with Gasteiger partial charge in [-0.15, -0.1) is 0 Å². The topological polar surface area (TPSA) is 43.1 Å². The molecule has 1 fully saturated rings. The predicted molar refractivity (Wildman–Crippen MR) is 54.4 cm³/mol. The molecule has 1 aliphatic carbocycles. The van der Waals surface area contributed by atoms with E-state index in [4.69, 9.17) is 5.73 Å². The van der Waals surface area contributed by atoms with Crippen molar-refractivity contribution in [3.63, 3.8) is 0 Å². The fourth-order valence-corrected chi connectivity index (χ4v) is 1.74. The van der Waals surface area contributed by atoms with Crippen LogP contribution in [-0.2, 0) is 4.79 Å². The Labute approximate surface area is 80.9 Å². The van der Waals surface area contributed by atoms with Crippen LogP contribution in [0, 0.1) is 10.8 Å². The van der Waals surface area contributed by atoms with Crippen LogP contribution < -0.4 is 5.73 Å². The first-order valence-electron chi connectivity index (χ1n) is 5.13. The van der Waals surface area contributed by atoms with Crippen molar-refractivity contribution in [2.24, 2.45) is 16.6 Å². The van der Waals surface area contributed by atoms with E-state index in [1.54, 1.807) is 0 Å². The standard InChI is InChI=1S/C11H21NO/c1-10(2,3)9(13)7-11(8-12)5-4-6-11/h4-8,12H2,1-3H3. The van der Waals surface area contributed by atoms with Gasteiger partial charge in [0, 0.05) is 11.8 Å². The zero-order valence-electron chi connectivity index (χ0n) is 9.02. The summed E-state index contributed by atoms with van der Waals surface area (Å²) in [6.07, 6.45) is 4.22. The van der Waals surface area contributed by atoms with E-state index in [2.05, 4.69) is 0 Å². The summed E-state index contributed by atoms with van der Waals surface area (Å²) in [6.45, 7) is 6.63. The summed E-state index contributed by atoms with van der Waals surface area (Å²) in [5.41, 5.74) is 5.68. The molecule has 0 atom stereocenters. The summed E-state index contributed by atoms with van der Waals surface area (Å²) in [5, 5.41) is 0. The molecule has 0 radical (unpaired) electrons. The van der Waals surface area contributed by atoms with Crippen LogP contribution in [0.15, 0.2) is 0 Å². The number of hydrogen-bond donors (Lipinski definition) is 1. The fourth-order valence-electron chi connectivity index (χ4n) is 1.74. The Morgan fingerprint density at radius 2 is 1.92 bits per heavy atom. The molecular formula is C11H21NO. The van der Waals surface area contributed by atoms with Gasteiger partial charge in [0.1, 0.15) is 5.78 Å². The van der Waals surface area contributed by atoms with E-state index in [0.717, 1.165) is 12.8 Å². The molecule has 0 amide bonds. The summed E-state index contributed by atoms with van der Waals surface area (Å²) in [5.74, 6) is 0.359. The number of Topliss-reactive ketones (excluding diaryl/α,β-unsaturated/α-hetero) is 1. The van der Waals surface area contributed by atoms with E-state index in [-0.39, 0.29) is 10.8 Å². The maximum atomic E-state index is 11.8. The first kappa shape index (κ1) is 10.7. The zero-order chi connectivity index (χ0) is 10.1. The second-order valence-corrected chi connectivity index (χ2v) is 5.41. The van der Waals surface area contributed by atoms with Gasteiger partial charge in [-0.25, -0.2) is 0 Å². The minimum absolute atomic E-state index is 0.171. The van der Waals surface area contributed by atoms with Gasteiger partial charge in [0.2, 0.25) is 0 Å². The lowest BCUT2D eigenvalue weighted by Gasteiger charge is -2.41. The minimum atomic E-state index is -0.197. The van der Waals surface area contributed by atoms with Gasteiger partial charge in [-0.3, -0.25) is 4.79 Å². The average Bonchev–Trinajstić information content (AvgIpc) is 1.94. The Balaban J connectivity index is 2.52. The molecule has 2 nitrogen and oxygen atoms in total. The van der Waals surface area contributed by atoms with E-state index >= 15 is 0 Å². The molecule has 13 heavy (non-hydrogen) atoms. The maximum absolute atomic E-state index is 11.8. The molecule has 0 aromatic carbocycles. The van der Waals surface area contributed by atoms with Gasteiger partial charge in [-0.1, -0.05) is 27.2 Å². The number of rotatable bonds is 3. The lowest BCUT2D eigenvalue weighted by atomic mass is 9.64. The number of ketones is 1. The van der Waals surface area contributed by atoms with Gasteiger partial charge in [0.05, 0.1) is 0 Å². The van der Waals surface area contributed by atoms with Crippen molar-refractivity contribution >= 4 is 5.78 Å². The number of hydrogen-bond acceptors (Lipinski definition) is 2. The summed E-state index contributed by atoms with van der Waals surface area (Å²) < 4.78 is 0. The Kier molecular flexibility index (Phi) is 2.81. The molecular weight excluding hydrogens is 162 g/mol. The van der Waals surface area contributed by atoms with Crippen LogP contribution in [0.3, 0.4) is 0 Å². The molecule has 0 aromatic heterocycles. The van der Waals surface area contributed by atoms with Crippen molar-refractivity contribution in [3.05, 3.63) is 0 Å². The van der Waals surface area contributed by atoms with Crippen molar-refractivity contribution in [1.82, 2.24) is 0 Å². The number of nitrogens with two attached hydrogens (primary N) is 1. The summed E-state index contributed by atoms with van der Waals surface area (Å²) in [4.78, 5) is 11.8. The van der Waals surface area contributed by atoms with Crippen LogP contribution in [0.1, 0.15) is 46.5 Å². The molecule has 76 valence electrons. The van der Waals surface area contributed by atoms with Gasteiger partial charge in [0.15, 0.2) is 0 Å². The van der Waals surface area contributed by atoms with Crippen LogP contribution in [0.25, 0.3) is 0 Å². The van der Waals surface area contributed by atoms with Crippen LogP contribution >= 0.6 is 0 Å². The lowest BCUT2D eigenvalue weighted by Crippen LogP contribution is -2.41. The van der Waals surface area contributed by atoms with Crippen molar-refractivity contribution in [1.29, 1.82) is 0 Å². The second-order valence-electron chi connectivity index (χ2n) is 5.41. The highest BCUT2D eigenvalue weighted by Crippen LogP contribution is 2.44. The molecule has 1 rings (SSSR count). The van der Waals surface area contributed by atoms with Gasteiger partial charge in [-0.05, 0) is 24.8 Å². The highest BCUT2D eigenvalue weighted by atomic mass is 16.1. The summed E-state index contributed by atoms with van der Waals surface area (Å²) >= 11 is 0. The lowest BCUT2D eigenvalue weighted by molar-refractivity contribution is -0.130. The second kappa shape index (κ2) is 3.41. The molecule has 0 saturated heterocycles. The van der Waals surface area contributed by atoms with Crippen molar-refractivity contribution < 1.29 is 4.79 Å². The Morgan fingerprint density at radius 3 is 2.15 bits per heavy atom. The first-order chi connectivity index (χ1) is 5.90. The van der Waals surface area contributed by atoms with E-state index in [0.29, 0.717) is 18.7 Å². The Morgan fingerprint density at radius 1 is 1.38 bits per heavy atom. The summed E-state index contributed by atoms with van der Waals surface area (Å²) in [7, 11) is 0. The van der Waals surface area contributed by atoms with E-state index < -0.39 is 0 Å². The summed E-state index contributed by atoms with van der Waals surface area (Å²) in [6, 6.07) is 0. The van der Waals surface area contributed by atoms with Gasteiger partial charge >= 0.3 is 0 Å². The molecule has 0 aliphatic heterocycles. The monoisotopic (exact) mass is 183 g/mol. The quantitative estimate of drug-likeness (QED) is 0.728. The average molecular weight is 183 g/mol. The molecule has 1 aliphatic rings. The largest absolute Gasteiger partial charge is 0.330 e. The van der Waals surface area contributed by atoms with E-state index in [1.807, 2.05) is 20.8 Å². The van der Waals surface area contributed by atoms with Crippen LogP contribution in [0.5, 0.6) is 0 Å². The molecule has 0 heterocycles. The molecule has 2 heteroatoms. The van der Waals surface area contributed by atoms with Gasteiger partial charge in [0.25, 0.3) is 0 Å². The Bertz CT molecular complexity index is 193. The number of carbonyl (C=O) groups excluding carboxylic acids is 1.